The average molecular weight is 1250 g/mol. The van der Waals surface area contributed by atoms with Crippen LogP contribution in [0.25, 0.3) is 72.1 Å². The molecule has 1 aliphatic heterocycles. The number of nitrogens with zero attached hydrogens (tertiary/aromatic N) is 4. The SMILES string of the molecule is CC(C)(C)c1ccnc(-n2c3[c-]c(Oc4[c-]c(N5[CH-]N(c6c(-c7ccccc7)cc(C7(c8ccccc8)c8ccccc8-c8ccccc87)cc6-c6ccccc6)c6ccccc65)ccc4-c4ccccc4)ccc3c3ccccc32)c1.[Pt]. The molecule has 6 heteroatoms. The number of aromatic nitrogens is 2. The second-order valence-corrected chi connectivity index (χ2v) is 22.3. The molecule has 0 saturated carbocycles. The summed E-state index contributed by atoms with van der Waals surface area (Å²) in [4.78, 5) is 9.59. The van der Waals surface area contributed by atoms with Gasteiger partial charge >= 0.3 is 0 Å². The van der Waals surface area contributed by atoms with E-state index in [1.165, 1.54) is 38.9 Å². The summed E-state index contributed by atoms with van der Waals surface area (Å²) >= 11 is 0. The predicted molar refractivity (Wildman–Crippen MR) is 337 cm³/mol. The first kappa shape index (κ1) is 51.6. The third-order valence-electron chi connectivity index (χ3n) is 16.6. The Hall–Kier alpha value is -9.54. The minimum Gasteiger partial charge on any atom is -0.509 e. The Kier molecular flexibility index (Phi) is 12.9. The van der Waals surface area contributed by atoms with Crippen molar-refractivity contribution < 1.29 is 25.8 Å². The quantitative estimate of drug-likeness (QED) is 0.128. The summed E-state index contributed by atoms with van der Waals surface area (Å²) in [6.07, 6.45) is 1.91. The molecule has 1 aliphatic carbocycles. The standard InChI is InChI=1S/C77H55N4O.Pt/c1-76(2,3)56-44-45-78-74(48-56)81-69-37-21-18-34-63(69)64-43-41-59(50-72(64)81)82-73-49-58(40-42-60(73)52-24-8-4-9-25-52)79-51-80(71-39-23-22-38-70(71)79)75-65(53-26-10-5-11-27-53)46-57(47-66(75)54-28-12-6-13-29-54)77(55-30-14-7-15-31-55)67-35-19-16-32-61(67)62-33-17-20-36-68(62)77;/h4-48,51H,1-3H3;/q-3;. The fourth-order valence-electron chi connectivity index (χ4n) is 12.8. The van der Waals surface area contributed by atoms with Crippen LogP contribution in [0.3, 0.4) is 0 Å². The molecule has 0 atom stereocenters. The molecule has 0 bridgehead atoms. The first-order valence-electron chi connectivity index (χ1n) is 28.1. The van der Waals surface area contributed by atoms with Crippen molar-refractivity contribution >= 4 is 44.6 Å². The number of benzene rings is 11. The molecule has 2 aliphatic rings. The maximum atomic E-state index is 7.15. The molecule has 0 fully saturated rings. The minimum absolute atomic E-state index is 0. The first-order chi connectivity index (χ1) is 40.3. The normalized spacial score (nSPS) is 13.1. The Labute approximate surface area is 499 Å². The van der Waals surface area contributed by atoms with Gasteiger partial charge in [0.15, 0.2) is 0 Å². The second kappa shape index (κ2) is 20.8. The van der Waals surface area contributed by atoms with Gasteiger partial charge in [-0.15, -0.1) is 42.0 Å². The smallest absolute Gasteiger partial charge is 0.135 e. The van der Waals surface area contributed by atoms with Crippen LogP contribution in [-0.4, -0.2) is 9.55 Å². The number of hydrogen-bond donors (Lipinski definition) is 0. The van der Waals surface area contributed by atoms with Crippen molar-refractivity contribution in [3.8, 4) is 61.8 Å². The third kappa shape index (κ3) is 8.60. The Morgan fingerprint density at radius 3 is 1.63 bits per heavy atom. The molecule has 5 nitrogen and oxygen atoms in total. The maximum Gasteiger partial charge on any atom is 0.135 e. The molecule has 0 radical (unpaired) electrons. The van der Waals surface area contributed by atoms with Gasteiger partial charge < -0.3 is 19.1 Å². The topological polar surface area (TPSA) is 33.5 Å². The molecule has 83 heavy (non-hydrogen) atoms. The van der Waals surface area contributed by atoms with Gasteiger partial charge in [-0.2, -0.15) is 12.1 Å². The molecule has 0 spiro atoms. The van der Waals surface area contributed by atoms with Crippen LogP contribution < -0.4 is 14.5 Å². The fourth-order valence-corrected chi connectivity index (χ4v) is 12.8. The van der Waals surface area contributed by atoms with Gasteiger partial charge in [-0.25, -0.2) is 4.98 Å². The largest absolute Gasteiger partial charge is 0.509 e. The van der Waals surface area contributed by atoms with Crippen molar-refractivity contribution in [3.63, 3.8) is 0 Å². The zero-order valence-electron chi connectivity index (χ0n) is 46.1. The van der Waals surface area contributed by atoms with Gasteiger partial charge in [0.2, 0.25) is 0 Å². The van der Waals surface area contributed by atoms with E-state index in [0.29, 0.717) is 11.5 Å². The van der Waals surface area contributed by atoms with E-state index in [2.05, 4.69) is 309 Å². The summed E-state index contributed by atoms with van der Waals surface area (Å²) in [6, 6.07) is 104. The molecule has 13 aromatic rings. The van der Waals surface area contributed by atoms with Crippen LogP contribution in [-0.2, 0) is 31.9 Å². The van der Waals surface area contributed by atoms with Crippen LogP contribution in [0, 0.1) is 18.8 Å². The van der Waals surface area contributed by atoms with E-state index in [0.717, 1.165) is 83.8 Å². The van der Waals surface area contributed by atoms with E-state index >= 15 is 0 Å². The summed E-state index contributed by atoms with van der Waals surface area (Å²) in [5, 5.41) is 2.20. The number of anilines is 4. The van der Waals surface area contributed by atoms with Crippen LogP contribution in [0.15, 0.2) is 273 Å². The fraction of sp³-hybridized carbons (Fsp3) is 0.0649. The zero-order valence-corrected chi connectivity index (χ0v) is 48.3. The molecule has 0 saturated heterocycles. The van der Waals surface area contributed by atoms with Crippen molar-refractivity contribution in [1.29, 1.82) is 0 Å². The molecule has 0 amide bonds. The molecule has 402 valence electrons. The third-order valence-corrected chi connectivity index (χ3v) is 16.6. The molecular weight excluding hydrogens is 1190 g/mol. The van der Waals surface area contributed by atoms with Crippen LogP contribution in [0.4, 0.5) is 22.7 Å². The Bertz CT molecular complexity index is 4460. The molecule has 3 heterocycles. The van der Waals surface area contributed by atoms with E-state index in [-0.39, 0.29) is 26.5 Å². The summed E-state index contributed by atoms with van der Waals surface area (Å²) in [7, 11) is 0. The second-order valence-electron chi connectivity index (χ2n) is 22.3. The van der Waals surface area contributed by atoms with Crippen LogP contribution in [0.5, 0.6) is 11.5 Å². The molecular formula is C77H55N4OPt-3. The Balaban J connectivity index is 0.00000614. The monoisotopic (exact) mass is 1250 g/mol. The van der Waals surface area contributed by atoms with Crippen LogP contribution in [0.1, 0.15) is 48.6 Å². The van der Waals surface area contributed by atoms with Crippen molar-refractivity contribution in [3.05, 3.63) is 320 Å². The van der Waals surface area contributed by atoms with E-state index in [9.17, 15) is 0 Å². The number of para-hydroxylation sites is 3. The summed E-state index contributed by atoms with van der Waals surface area (Å²) in [5.74, 6) is 1.99. The van der Waals surface area contributed by atoms with Crippen molar-refractivity contribution in [2.45, 2.75) is 31.6 Å². The Morgan fingerprint density at radius 2 is 1.00 bits per heavy atom. The number of fused-ring (bicyclic) bond motifs is 7. The molecule has 0 unspecified atom stereocenters. The van der Waals surface area contributed by atoms with Gasteiger partial charge in [0.05, 0.1) is 5.41 Å². The van der Waals surface area contributed by atoms with E-state index < -0.39 is 5.41 Å². The van der Waals surface area contributed by atoms with Gasteiger partial charge in [-0.3, -0.25) is 0 Å². The molecule has 2 aromatic heterocycles. The summed E-state index contributed by atoms with van der Waals surface area (Å²) in [6.45, 7) is 8.94. The number of hydrogen-bond acceptors (Lipinski definition) is 4. The van der Waals surface area contributed by atoms with E-state index in [1.807, 2.05) is 18.3 Å². The van der Waals surface area contributed by atoms with E-state index in [4.69, 9.17) is 9.72 Å². The van der Waals surface area contributed by atoms with Gasteiger partial charge in [0.1, 0.15) is 5.82 Å². The average Bonchev–Trinajstić information content (AvgIpc) is 1.93. The van der Waals surface area contributed by atoms with Crippen molar-refractivity contribution in [2.24, 2.45) is 0 Å². The maximum absolute atomic E-state index is 7.15. The predicted octanol–water partition coefficient (Wildman–Crippen LogP) is 19.6. The van der Waals surface area contributed by atoms with Crippen LogP contribution >= 0.6 is 0 Å². The van der Waals surface area contributed by atoms with Gasteiger partial charge in [-0.1, -0.05) is 238 Å². The first-order valence-corrected chi connectivity index (χ1v) is 28.1. The zero-order chi connectivity index (χ0) is 54.9. The molecule has 15 rings (SSSR count). The number of ether oxygens (including phenoxy) is 1. The van der Waals surface area contributed by atoms with Gasteiger partial charge in [-0.05, 0) is 103 Å². The van der Waals surface area contributed by atoms with Gasteiger partial charge in [0.25, 0.3) is 0 Å². The van der Waals surface area contributed by atoms with Crippen molar-refractivity contribution in [1.82, 2.24) is 9.55 Å². The Morgan fingerprint density at radius 1 is 0.458 bits per heavy atom. The number of pyridine rings is 1. The van der Waals surface area contributed by atoms with E-state index in [1.54, 1.807) is 0 Å². The van der Waals surface area contributed by atoms with Gasteiger partial charge in [0, 0.05) is 72.5 Å². The van der Waals surface area contributed by atoms with Crippen LogP contribution in [0.2, 0.25) is 0 Å². The minimum atomic E-state index is -0.628. The molecule has 0 N–H and O–H groups in total. The molecule has 11 aromatic carbocycles. The summed E-state index contributed by atoms with van der Waals surface area (Å²) < 4.78 is 9.36. The summed E-state index contributed by atoms with van der Waals surface area (Å²) in [5.41, 5.74) is 20.2. The number of rotatable bonds is 10. The van der Waals surface area contributed by atoms with Crippen molar-refractivity contribution in [2.75, 3.05) is 9.80 Å².